The van der Waals surface area contributed by atoms with Gasteiger partial charge in [-0.2, -0.15) is 0 Å². The summed E-state index contributed by atoms with van der Waals surface area (Å²) in [5.41, 5.74) is 4.95. The molecule has 0 heterocycles. The topological polar surface area (TPSA) is 0 Å². The van der Waals surface area contributed by atoms with Crippen molar-refractivity contribution in [2.45, 2.75) is 97.8 Å². The Morgan fingerprint density at radius 3 is 1.86 bits per heavy atom. The maximum absolute atomic E-state index is 2.39. The van der Waals surface area contributed by atoms with Crippen molar-refractivity contribution in [3.8, 4) is 0 Å². The van der Waals surface area contributed by atoms with Crippen LogP contribution in [0.3, 0.4) is 0 Å². The second kappa shape index (κ2) is 11.8. The van der Waals surface area contributed by atoms with Crippen molar-refractivity contribution in [1.29, 1.82) is 0 Å². The summed E-state index contributed by atoms with van der Waals surface area (Å²) in [6.45, 7) is 6.89. The first kappa shape index (κ1) is 18.3. The zero-order valence-electron chi connectivity index (χ0n) is 14.7. The molecule has 0 aliphatic carbocycles. The van der Waals surface area contributed by atoms with Gasteiger partial charge >= 0.3 is 0 Å². The Morgan fingerprint density at radius 2 is 1.19 bits per heavy atom. The average Bonchev–Trinajstić information content (AvgIpc) is 2.50. The van der Waals surface area contributed by atoms with E-state index in [0.29, 0.717) is 0 Å². The van der Waals surface area contributed by atoms with Crippen molar-refractivity contribution in [3.63, 3.8) is 0 Å². The molecular weight excluding hydrogens is 252 g/mol. The molecule has 1 aromatic rings. The quantitative estimate of drug-likeness (QED) is 0.367. The van der Waals surface area contributed by atoms with Crippen LogP contribution in [0.2, 0.25) is 0 Å². The molecule has 21 heavy (non-hydrogen) atoms. The first-order chi connectivity index (χ1) is 10.3. The normalized spacial score (nSPS) is 11.0. The van der Waals surface area contributed by atoms with Gasteiger partial charge in [-0.1, -0.05) is 83.9 Å². The summed E-state index contributed by atoms with van der Waals surface area (Å²) in [5.74, 6) is 0. The Morgan fingerprint density at radius 1 is 0.571 bits per heavy atom. The van der Waals surface area contributed by atoms with Crippen molar-refractivity contribution in [1.82, 2.24) is 0 Å². The molecule has 0 nitrogen and oxygen atoms in total. The monoisotopic (exact) mass is 288 g/mol. The van der Waals surface area contributed by atoms with Gasteiger partial charge in [0.2, 0.25) is 0 Å². The predicted octanol–water partition coefficient (Wildman–Crippen LogP) is 6.88. The lowest BCUT2D eigenvalue weighted by Crippen LogP contribution is -2.01. The first-order valence-electron chi connectivity index (χ1n) is 9.43. The minimum atomic E-state index is 1.25. The third kappa shape index (κ3) is 7.16. The van der Waals surface area contributed by atoms with Crippen LogP contribution in [0.25, 0.3) is 0 Å². The van der Waals surface area contributed by atoms with Crippen LogP contribution >= 0.6 is 0 Å². The van der Waals surface area contributed by atoms with E-state index >= 15 is 0 Å². The number of unbranched alkanes of at least 4 members (excludes halogenated alkanes) is 6. The van der Waals surface area contributed by atoms with E-state index in [4.69, 9.17) is 0 Å². The highest BCUT2D eigenvalue weighted by molar-refractivity contribution is 5.36. The molecule has 0 saturated carbocycles. The van der Waals surface area contributed by atoms with Gasteiger partial charge in [0.25, 0.3) is 0 Å². The molecule has 0 heteroatoms. The first-order valence-corrected chi connectivity index (χ1v) is 9.43. The Kier molecular flexibility index (Phi) is 10.3. The van der Waals surface area contributed by atoms with Crippen LogP contribution in [0.5, 0.6) is 0 Å². The Hall–Kier alpha value is -0.780. The third-order valence-electron chi connectivity index (χ3n) is 4.47. The molecule has 0 amide bonds. The van der Waals surface area contributed by atoms with Crippen LogP contribution in [-0.2, 0) is 19.3 Å². The second-order valence-corrected chi connectivity index (χ2v) is 6.43. The predicted molar refractivity (Wildman–Crippen MR) is 96.1 cm³/mol. The molecule has 0 aliphatic rings. The lowest BCUT2D eigenvalue weighted by atomic mass is 9.91. The van der Waals surface area contributed by atoms with Crippen LogP contribution < -0.4 is 0 Å². The maximum Gasteiger partial charge on any atom is -0.0274 e. The van der Waals surface area contributed by atoms with Gasteiger partial charge in [-0.3, -0.25) is 0 Å². The molecule has 120 valence electrons. The molecule has 1 rings (SSSR count). The van der Waals surface area contributed by atoms with Gasteiger partial charge in [-0.25, -0.2) is 0 Å². The molecule has 0 saturated heterocycles. The Bertz CT molecular complexity index is 364. The van der Waals surface area contributed by atoms with Crippen molar-refractivity contribution < 1.29 is 0 Å². The lowest BCUT2D eigenvalue weighted by Gasteiger charge is -2.14. The van der Waals surface area contributed by atoms with Crippen molar-refractivity contribution >= 4 is 0 Å². The summed E-state index contributed by atoms with van der Waals surface area (Å²) in [6, 6.07) is 7.03. The van der Waals surface area contributed by atoms with E-state index in [2.05, 4.69) is 39.0 Å². The maximum atomic E-state index is 2.39. The fraction of sp³-hybridized carbons (Fsp3) is 0.714. The number of aryl methyl sites for hydroxylation is 2. The molecule has 0 unspecified atom stereocenters. The number of hydrogen-bond acceptors (Lipinski definition) is 0. The fourth-order valence-electron chi connectivity index (χ4n) is 3.20. The second-order valence-electron chi connectivity index (χ2n) is 6.43. The summed E-state index contributed by atoms with van der Waals surface area (Å²) in [5, 5.41) is 0. The van der Waals surface area contributed by atoms with Crippen molar-refractivity contribution in [2.24, 2.45) is 0 Å². The molecule has 0 aliphatic heterocycles. The van der Waals surface area contributed by atoms with Gasteiger partial charge in [0.05, 0.1) is 0 Å². The van der Waals surface area contributed by atoms with Gasteiger partial charge in [-0.05, 0) is 48.8 Å². The van der Waals surface area contributed by atoms with Gasteiger partial charge < -0.3 is 0 Å². The van der Waals surface area contributed by atoms with E-state index in [-0.39, 0.29) is 0 Å². The summed E-state index contributed by atoms with van der Waals surface area (Å²) < 4.78 is 0. The standard InChI is InChI=1S/C21H36/c1-4-7-9-10-11-12-15-20-17-13-16-19(14-6-3)21(20)18-8-5-2/h13,16-17H,4-12,14-15,18H2,1-3H3. The van der Waals surface area contributed by atoms with Crippen LogP contribution in [0.4, 0.5) is 0 Å². The number of hydrogen-bond donors (Lipinski definition) is 0. The summed E-state index contributed by atoms with van der Waals surface area (Å²) in [7, 11) is 0. The minimum Gasteiger partial charge on any atom is -0.0654 e. The van der Waals surface area contributed by atoms with E-state index in [9.17, 15) is 0 Å². The van der Waals surface area contributed by atoms with Gasteiger partial charge in [0.15, 0.2) is 0 Å². The van der Waals surface area contributed by atoms with Gasteiger partial charge in [0, 0.05) is 0 Å². The van der Waals surface area contributed by atoms with Crippen LogP contribution in [0.15, 0.2) is 18.2 Å². The third-order valence-corrected chi connectivity index (χ3v) is 4.47. The Labute approximate surface area is 133 Å². The summed E-state index contributed by atoms with van der Waals surface area (Å²) in [6.07, 6.45) is 16.1. The minimum absolute atomic E-state index is 1.25. The fourth-order valence-corrected chi connectivity index (χ4v) is 3.20. The highest BCUT2D eigenvalue weighted by Gasteiger charge is 2.07. The SMILES string of the molecule is CCCCCCCCc1cccc(CCC)c1CCCC. The van der Waals surface area contributed by atoms with Gasteiger partial charge in [0.1, 0.15) is 0 Å². The summed E-state index contributed by atoms with van der Waals surface area (Å²) >= 11 is 0. The molecule has 1 aromatic carbocycles. The molecule has 0 fully saturated rings. The molecular formula is C21H36. The van der Waals surface area contributed by atoms with E-state index in [0.717, 1.165) is 0 Å². The average molecular weight is 289 g/mol. The van der Waals surface area contributed by atoms with Crippen molar-refractivity contribution in [2.75, 3.05) is 0 Å². The van der Waals surface area contributed by atoms with E-state index < -0.39 is 0 Å². The van der Waals surface area contributed by atoms with E-state index in [1.54, 1.807) is 16.7 Å². The highest BCUT2D eigenvalue weighted by Crippen LogP contribution is 2.21. The summed E-state index contributed by atoms with van der Waals surface area (Å²) in [4.78, 5) is 0. The molecule has 0 atom stereocenters. The number of benzene rings is 1. The van der Waals surface area contributed by atoms with Crippen LogP contribution in [0.1, 0.15) is 95.2 Å². The smallest absolute Gasteiger partial charge is 0.0274 e. The lowest BCUT2D eigenvalue weighted by molar-refractivity contribution is 0.605. The zero-order chi connectivity index (χ0) is 15.3. The highest BCUT2D eigenvalue weighted by atomic mass is 14.1. The van der Waals surface area contributed by atoms with Crippen molar-refractivity contribution in [3.05, 3.63) is 34.9 Å². The zero-order valence-corrected chi connectivity index (χ0v) is 14.7. The number of rotatable bonds is 12. The van der Waals surface area contributed by atoms with E-state index in [1.165, 1.54) is 77.0 Å². The largest absolute Gasteiger partial charge is 0.0654 e. The molecule has 0 radical (unpaired) electrons. The van der Waals surface area contributed by atoms with Gasteiger partial charge in [-0.15, -0.1) is 0 Å². The van der Waals surface area contributed by atoms with Crippen LogP contribution in [-0.4, -0.2) is 0 Å². The molecule has 0 aromatic heterocycles. The van der Waals surface area contributed by atoms with Crippen LogP contribution in [0, 0.1) is 0 Å². The molecule has 0 bridgehead atoms. The molecule has 0 spiro atoms. The Balaban J connectivity index is 2.55. The van der Waals surface area contributed by atoms with E-state index in [1.807, 2.05) is 0 Å². The molecule has 0 N–H and O–H groups in total.